The van der Waals surface area contributed by atoms with E-state index in [-0.39, 0.29) is 5.91 Å². The third kappa shape index (κ3) is 9.33. The van der Waals surface area contributed by atoms with Crippen LogP contribution < -0.4 is 5.32 Å². The molecule has 0 unspecified atom stereocenters. The van der Waals surface area contributed by atoms with E-state index in [1.165, 1.54) is 6.92 Å². The summed E-state index contributed by atoms with van der Waals surface area (Å²) in [5, 5.41) is 2.72. The van der Waals surface area contributed by atoms with Crippen LogP contribution in [-0.4, -0.2) is 31.8 Å². The maximum atomic E-state index is 12.0. The smallest absolute Gasteiger partial charge is 0.330 e. The number of carbonyl (C=O) groups is 1. The van der Waals surface area contributed by atoms with E-state index < -0.39 is 7.60 Å². The number of rotatable bonds is 10. The lowest BCUT2D eigenvalue weighted by molar-refractivity contribution is -0.118. The maximum absolute atomic E-state index is 12.0. The van der Waals surface area contributed by atoms with Crippen molar-refractivity contribution in [3.05, 3.63) is 0 Å². The van der Waals surface area contributed by atoms with E-state index in [1.54, 1.807) is 0 Å². The molecule has 0 atom stereocenters. The molecule has 5 nitrogen and oxygen atoms in total. The number of amides is 1. The Morgan fingerprint density at radius 1 is 1.12 bits per heavy atom. The van der Waals surface area contributed by atoms with Crippen LogP contribution in [0.5, 0.6) is 0 Å². The molecule has 0 heterocycles. The van der Waals surface area contributed by atoms with Gasteiger partial charge in [-0.05, 0) is 26.7 Å². The average molecular weight is 265 g/mol. The Labute approximate surface area is 104 Å². The molecule has 0 aliphatic rings. The van der Waals surface area contributed by atoms with Gasteiger partial charge in [0.15, 0.2) is 0 Å². The van der Waals surface area contributed by atoms with Crippen molar-refractivity contribution in [2.75, 3.05) is 25.9 Å². The van der Waals surface area contributed by atoms with Crippen LogP contribution in [0.4, 0.5) is 0 Å². The van der Waals surface area contributed by atoms with Crippen molar-refractivity contribution < 1.29 is 18.4 Å². The highest BCUT2D eigenvalue weighted by Gasteiger charge is 2.22. The Kier molecular flexibility index (Phi) is 9.41. The predicted molar refractivity (Wildman–Crippen MR) is 68.3 cm³/mol. The van der Waals surface area contributed by atoms with Gasteiger partial charge in [0.25, 0.3) is 0 Å². The summed E-state index contributed by atoms with van der Waals surface area (Å²) in [6, 6.07) is 0. The van der Waals surface area contributed by atoms with Gasteiger partial charge in [-0.2, -0.15) is 0 Å². The number of carbonyl (C=O) groups excluding carboxylic acids is 1. The summed E-state index contributed by atoms with van der Waals surface area (Å²) in [6.07, 6.45) is 3.04. The van der Waals surface area contributed by atoms with Crippen LogP contribution in [0.1, 0.15) is 40.0 Å². The molecule has 0 fully saturated rings. The van der Waals surface area contributed by atoms with Crippen molar-refractivity contribution in [2.24, 2.45) is 0 Å². The molecule has 0 aliphatic carbocycles. The molecule has 0 aliphatic heterocycles. The summed E-state index contributed by atoms with van der Waals surface area (Å²) in [6.45, 7) is 6.60. The van der Waals surface area contributed by atoms with Crippen molar-refractivity contribution in [3.8, 4) is 0 Å². The van der Waals surface area contributed by atoms with Crippen molar-refractivity contribution in [1.29, 1.82) is 0 Å². The summed E-state index contributed by atoms with van der Waals surface area (Å²) in [4.78, 5) is 10.6. The average Bonchev–Trinajstić information content (AvgIpc) is 2.23. The zero-order valence-corrected chi connectivity index (χ0v) is 11.9. The second kappa shape index (κ2) is 9.63. The van der Waals surface area contributed by atoms with Gasteiger partial charge in [0.1, 0.15) is 0 Å². The summed E-state index contributed by atoms with van der Waals surface area (Å²) in [5.41, 5.74) is 0. The third-order valence-electron chi connectivity index (χ3n) is 2.13. The van der Waals surface area contributed by atoms with Gasteiger partial charge in [0.05, 0.1) is 19.4 Å². The van der Waals surface area contributed by atoms with E-state index in [4.69, 9.17) is 9.05 Å². The van der Waals surface area contributed by atoms with Crippen molar-refractivity contribution in [2.45, 2.75) is 40.0 Å². The van der Waals surface area contributed by atoms with Crippen molar-refractivity contribution in [1.82, 2.24) is 5.32 Å². The number of hydrogen-bond acceptors (Lipinski definition) is 4. The zero-order valence-electron chi connectivity index (χ0n) is 11.0. The first kappa shape index (κ1) is 16.6. The molecule has 1 N–H and O–H groups in total. The molecule has 0 rings (SSSR count). The van der Waals surface area contributed by atoms with E-state index in [0.717, 1.165) is 19.3 Å². The van der Waals surface area contributed by atoms with Gasteiger partial charge in [-0.25, -0.2) is 0 Å². The topological polar surface area (TPSA) is 64.6 Å². The second-order valence-electron chi connectivity index (χ2n) is 3.71. The van der Waals surface area contributed by atoms with Crippen LogP contribution in [0.3, 0.4) is 0 Å². The van der Waals surface area contributed by atoms with Crippen LogP contribution in [0.15, 0.2) is 0 Å². The summed E-state index contributed by atoms with van der Waals surface area (Å²) in [7, 11) is -2.87. The molecule has 0 radical (unpaired) electrons. The van der Waals surface area contributed by atoms with Gasteiger partial charge in [-0.3, -0.25) is 9.36 Å². The lowest BCUT2D eigenvalue weighted by atomic mass is 10.2. The van der Waals surface area contributed by atoms with E-state index in [1.807, 2.05) is 13.8 Å². The molecule has 0 saturated heterocycles. The van der Waals surface area contributed by atoms with Crippen LogP contribution in [0.25, 0.3) is 0 Å². The Bertz CT molecular complexity index is 248. The minimum Gasteiger partial charge on any atom is -0.356 e. The quantitative estimate of drug-likeness (QED) is 0.487. The van der Waals surface area contributed by atoms with Gasteiger partial charge in [0, 0.05) is 13.5 Å². The fourth-order valence-corrected chi connectivity index (χ4v) is 3.16. The Balaban J connectivity index is 3.68. The fraction of sp³-hybridized carbons (Fsp3) is 0.909. The largest absolute Gasteiger partial charge is 0.356 e. The zero-order chi connectivity index (χ0) is 13.1. The van der Waals surface area contributed by atoms with Gasteiger partial charge in [-0.15, -0.1) is 0 Å². The van der Waals surface area contributed by atoms with E-state index in [9.17, 15) is 9.36 Å². The first-order valence-corrected chi connectivity index (χ1v) is 7.89. The summed E-state index contributed by atoms with van der Waals surface area (Å²) < 4.78 is 22.4. The molecular weight excluding hydrogens is 241 g/mol. The first-order valence-electron chi connectivity index (χ1n) is 6.16. The standard InChI is InChI=1S/C11H24NO4P/c1-4-15-17(14,16-5-2)10-8-6-7-9-12-11(3)13/h4-10H2,1-3H3,(H,12,13). The molecule has 0 saturated carbocycles. The SMILES string of the molecule is CCOP(=O)(CCCCCNC(C)=O)OCC. The minimum atomic E-state index is -2.87. The predicted octanol–water partition coefficient (Wildman–Crippen LogP) is 2.56. The molecule has 0 aromatic rings. The van der Waals surface area contributed by atoms with E-state index >= 15 is 0 Å². The summed E-state index contributed by atoms with van der Waals surface area (Å²) >= 11 is 0. The van der Waals surface area contributed by atoms with Crippen LogP contribution >= 0.6 is 7.60 Å². The molecule has 0 bridgehead atoms. The summed E-state index contributed by atoms with van der Waals surface area (Å²) in [5.74, 6) is -0.0145. The second-order valence-corrected chi connectivity index (χ2v) is 5.90. The van der Waals surface area contributed by atoms with E-state index in [2.05, 4.69) is 5.32 Å². The van der Waals surface area contributed by atoms with Crippen molar-refractivity contribution in [3.63, 3.8) is 0 Å². The third-order valence-corrected chi connectivity index (χ3v) is 4.30. The molecule has 0 aromatic carbocycles. The molecule has 1 amide bonds. The maximum Gasteiger partial charge on any atom is 0.330 e. The van der Waals surface area contributed by atoms with Crippen LogP contribution in [-0.2, 0) is 18.4 Å². The highest BCUT2D eigenvalue weighted by molar-refractivity contribution is 7.53. The van der Waals surface area contributed by atoms with Crippen LogP contribution in [0, 0.1) is 0 Å². The Morgan fingerprint density at radius 2 is 1.71 bits per heavy atom. The van der Waals surface area contributed by atoms with E-state index in [0.29, 0.717) is 25.9 Å². The van der Waals surface area contributed by atoms with Gasteiger partial charge >= 0.3 is 7.60 Å². The monoisotopic (exact) mass is 265 g/mol. The molecule has 6 heteroatoms. The number of unbranched alkanes of at least 4 members (excludes halogenated alkanes) is 2. The number of hydrogen-bond donors (Lipinski definition) is 1. The van der Waals surface area contributed by atoms with Gasteiger partial charge in [0.2, 0.25) is 5.91 Å². The lowest BCUT2D eigenvalue weighted by Gasteiger charge is -2.16. The van der Waals surface area contributed by atoms with Crippen LogP contribution in [0.2, 0.25) is 0 Å². The first-order chi connectivity index (χ1) is 8.04. The Morgan fingerprint density at radius 3 is 2.18 bits per heavy atom. The highest BCUT2D eigenvalue weighted by Crippen LogP contribution is 2.48. The minimum absolute atomic E-state index is 0.0145. The molecular formula is C11H24NO4P. The highest BCUT2D eigenvalue weighted by atomic mass is 31.2. The lowest BCUT2D eigenvalue weighted by Crippen LogP contribution is -2.20. The number of nitrogens with one attached hydrogen (secondary N) is 1. The van der Waals surface area contributed by atoms with Crippen molar-refractivity contribution >= 4 is 13.5 Å². The Hall–Kier alpha value is -0.380. The molecule has 0 spiro atoms. The van der Waals surface area contributed by atoms with Gasteiger partial charge in [-0.1, -0.05) is 6.42 Å². The molecule has 102 valence electrons. The molecule has 17 heavy (non-hydrogen) atoms. The fourth-order valence-electron chi connectivity index (χ4n) is 1.43. The van der Waals surface area contributed by atoms with Gasteiger partial charge < -0.3 is 14.4 Å². The molecule has 0 aromatic heterocycles. The normalized spacial score (nSPS) is 11.5.